The lowest BCUT2D eigenvalue weighted by atomic mass is 9.90. The summed E-state index contributed by atoms with van der Waals surface area (Å²) in [5.74, 6) is 0.225. The maximum atomic E-state index is 13.0. The standard InChI is InChI=1S/C16H28N4O4S/c1-11-6-7-13(10-19-15(21)24-16(3,4)5)20(12(11)2)25(22,23)14-17-8-9-18-14/h8-9,11-13H,6-7,10H2,1-5H3,(H,17,18)(H,19,21)/t11-,12+,13+/m1/s1. The van der Waals surface area contributed by atoms with Gasteiger partial charge < -0.3 is 15.0 Å². The number of hydrogen-bond donors (Lipinski definition) is 2. The summed E-state index contributed by atoms with van der Waals surface area (Å²) in [4.78, 5) is 18.5. The van der Waals surface area contributed by atoms with Crippen LogP contribution < -0.4 is 5.32 Å². The van der Waals surface area contributed by atoms with E-state index in [1.165, 1.54) is 16.7 Å². The molecule has 25 heavy (non-hydrogen) atoms. The molecule has 2 rings (SSSR count). The molecule has 9 heteroatoms. The third kappa shape index (κ3) is 4.72. The van der Waals surface area contributed by atoms with Gasteiger partial charge in [0.05, 0.1) is 0 Å². The Balaban J connectivity index is 2.16. The number of aromatic nitrogens is 2. The molecule has 1 saturated heterocycles. The second kappa shape index (κ2) is 7.33. The van der Waals surface area contributed by atoms with Crippen LogP contribution in [-0.2, 0) is 14.8 Å². The number of sulfonamides is 1. The molecule has 142 valence electrons. The lowest BCUT2D eigenvalue weighted by molar-refractivity contribution is 0.0497. The Morgan fingerprint density at radius 2 is 2.08 bits per heavy atom. The number of nitrogens with zero attached hydrogens (tertiary/aromatic N) is 2. The highest BCUT2D eigenvalue weighted by Crippen LogP contribution is 2.32. The highest BCUT2D eigenvalue weighted by atomic mass is 32.2. The van der Waals surface area contributed by atoms with Gasteiger partial charge in [-0.2, -0.15) is 4.31 Å². The van der Waals surface area contributed by atoms with E-state index >= 15 is 0 Å². The molecule has 1 aromatic rings. The van der Waals surface area contributed by atoms with Gasteiger partial charge in [0.1, 0.15) is 5.60 Å². The molecule has 1 fully saturated rings. The normalized spacial score (nSPS) is 25.6. The fourth-order valence-corrected chi connectivity index (χ4v) is 4.85. The molecule has 2 N–H and O–H groups in total. The number of amides is 1. The molecule has 0 radical (unpaired) electrons. The first-order valence-electron chi connectivity index (χ1n) is 8.52. The number of rotatable bonds is 4. The van der Waals surface area contributed by atoms with Gasteiger partial charge in [-0.1, -0.05) is 6.92 Å². The Kier molecular flexibility index (Phi) is 5.78. The Morgan fingerprint density at radius 1 is 1.40 bits per heavy atom. The summed E-state index contributed by atoms with van der Waals surface area (Å²) >= 11 is 0. The molecule has 0 unspecified atom stereocenters. The minimum atomic E-state index is -3.76. The van der Waals surface area contributed by atoms with Crippen LogP contribution in [0, 0.1) is 5.92 Å². The van der Waals surface area contributed by atoms with Crippen molar-refractivity contribution in [3.8, 4) is 0 Å². The quantitative estimate of drug-likeness (QED) is 0.842. The van der Waals surface area contributed by atoms with Crippen molar-refractivity contribution in [3.63, 3.8) is 0 Å². The number of piperidine rings is 1. The van der Waals surface area contributed by atoms with E-state index in [9.17, 15) is 13.2 Å². The van der Waals surface area contributed by atoms with Crippen LogP contribution in [0.5, 0.6) is 0 Å². The number of ether oxygens (including phenoxy) is 1. The summed E-state index contributed by atoms with van der Waals surface area (Å²) in [6.07, 6.45) is 3.92. The molecule has 1 aliphatic rings. The van der Waals surface area contributed by atoms with Gasteiger partial charge in [0.15, 0.2) is 0 Å². The number of imidazole rings is 1. The van der Waals surface area contributed by atoms with Crippen molar-refractivity contribution < 1.29 is 17.9 Å². The van der Waals surface area contributed by atoms with E-state index < -0.39 is 21.7 Å². The molecule has 3 atom stereocenters. The van der Waals surface area contributed by atoms with Crippen molar-refractivity contribution in [2.45, 2.75) is 70.3 Å². The van der Waals surface area contributed by atoms with Crippen LogP contribution in [0.25, 0.3) is 0 Å². The van der Waals surface area contributed by atoms with Gasteiger partial charge in [0, 0.05) is 31.0 Å². The molecule has 2 heterocycles. The Hall–Kier alpha value is -1.61. The summed E-state index contributed by atoms with van der Waals surface area (Å²) < 4.78 is 32.7. The molecule has 0 bridgehead atoms. The zero-order valence-corrected chi connectivity index (χ0v) is 16.3. The van der Waals surface area contributed by atoms with Gasteiger partial charge in [0.2, 0.25) is 5.16 Å². The Morgan fingerprint density at radius 3 is 2.64 bits per heavy atom. The summed E-state index contributed by atoms with van der Waals surface area (Å²) in [6, 6.07) is -0.525. The van der Waals surface area contributed by atoms with Gasteiger partial charge in [-0.15, -0.1) is 0 Å². The summed E-state index contributed by atoms with van der Waals surface area (Å²) in [6.45, 7) is 9.48. The average Bonchev–Trinajstić information content (AvgIpc) is 3.01. The molecule has 1 amide bonds. The average molecular weight is 372 g/mol. The van der Waals surface area contributed by atoms with Crippen molar-refractivity contribution >= 4 is 16.1 Å². The highest BCUT2D eigenvalue weighted by molar-refractivity contribution is 7.89. The predicted molar refractivity (Wildman–Crippen MR) is 93.5 cm³/mol. The van der Waals surface area contributed by atoms with E-state index in [0.717, 1.165) is 6.42 Å². The lowest BCUT2D eigenvalue weighted by Gasteiger charge is -2.42. The summed E-state index contributed by atoms with van der Waals surface area (Å²) in [7, 11) is -3.76. The molecule has 0 spiro atoms. The summed E-state index contributed by atoms with van der Waals surface area (Å²) in [5, 5.41) is 2.62. The van der Waals surface area contributed by atoms with Gasteiger partial charge in [-0.3, -0.25) is 0 Å². The van der Waals surface area contributed by atoms with E-state index in [0.29, 0.717) is 6.42 Å². The molecule has 1 aromatic heterocycles. The van der Waals surface area contributed by atoms with Crippen LogP contribution in [0.15, 0.2) is 17.6 Å². The van der Waals surface area contributed by atoms with E-state index in [1.807, 2.05) is 13.8 Å². The maximum Gasteiger partial charge on any atom is 0.407 e. The second-order valence-electron chi connectivity index (χ2n) is 7.56. The van der Waals surface area contributed by atoms with Crippen molar-refractivity contribution in [2.75, 3.05) is 6.54 Å². The van der Waals surface area contributed by atoms with Crippen LogP contribution in [0.2, 0.25) is 0 Å². The number of H-pyrrole nitrogens is 1. The van der Waals surface area contributed by atoms with E-state index in [1.54, 1.807) is 20.8 Å². The number of aromatic amines is 1. The molecule has 0 saturated carbocycles. The number of alkyl carbamates (subject to hydrolysis) is 1. The van der Waals surface area contributed by atoms with E-state index in [4.69, 9.17) is 4.74 Å². The lowest BCUT2D eigenvalue weighted by Crippen LogP contribution is -2.55. The van der Waals surface area contributed by atoms with E-state index in [-0.39, 0.29) is 29.7 Å². The first-order valence-corrected chi connectivity index (χ1v) is 9.96. The Labute approximate surface area is 149 Å². The van der Waals surface area contributed by atoms with Crippen LogP contribution in [-0.4, -0.2) is 53.0 Å². The topological polar surface area (TPSA) is 104 Å². The van der Waals surface area contributed by atoms with Crippen molar-refractivity contribution in [1.82, 2.24) is 19.6 Å². The first kappa shape index (κ1) is 19.7. The predicted octanol–water partition coefficient (Wildman–Crippen LogP) is 2.11. The highest BCUT2D eigenvalue weighted by Gasteiger charge is 2.42. The minimum Gasteiger partial charge on any atom is -0.444 e. The summed E-state index contributed by atoms with van der Waals surface area (Å²) in [5.41, 5.74) is -0.599. The SMILES string of the molecule is C[C@@H]1CC[C@@H](CNC(=O)OC(C)(C)C)N(S(=O)(=O)c2ncc[nH]2)[C@H]1C. The van der Waals surface area contributed by atoms with Crippen molar-refractivity contribution in [2.24, 2.45) is 5.92 Å². The van der Waals surface area contributed by atoms with Crippen LogP contribution in [0.1, 0.15) is 47.5 Å². The van der Waals surface area contributed by atoms with Crippen LogP contribution >= 0.6 is 0 Å². The number of hydrogen-bond acceptors (Lipinski definition) is 5. The largest absolute Gasteiger partial charge is 0.444 e. The zero-order chi connectivity index (χ0) is 18.8. The van der Waals surface area contributed by atoms with E-state index in [2.05, 4.69) is 15.3 Å². The monoisotopic (exact) mass is 372 g/mol. The van der Waals surface area contributed by atoms with Crippen LogP contribution in [0.3, 0.4) is 0 Å². The smallest absolute Gasteiger partial charge is 0.407 e. The molecule has 1 aliphatic heterocycles. The Bertz CT molecular complexity index is 681. The molecule has 8 nitrogen and oxygen atoms in total. The molecule has 0 aliphatic carbocycles. The van der Waals surface area contributed by atoms with Gasteiger partial charge in [0.25, 0.3) is 10.0 Å². The van der Waals surface area contributed by atoms with Crippen LogP contribution in [0.4, 0.5) is 4.79 Å². The second-order valence-corrected chi connectivity index (χ2v) is 9.32. The van der Waals surface area contributed by atoms with Gasteiger partial charge in [-0.05, 0) is 46.5 Å². The number of carbonyl (C=O) groups excluding carboxylic acids is 1. The van der Waals surface area contributed by atoms with Crippen molar-refractivity contribution in [1.29, 1.82) is 0 Å². The maximum absolute atomic E-state index is 13.0. The number of carbonyl (C=O) groups is 1. The minimum absolute atomic E-state index is 0.0734. The zero-order valence-electron chi connectivity index (χ0n) is 15.4. The molecular weight excluding hydrogens is 344 g/mol. The van der Waals surface area contributed by atoms with Gasteiger partial charge >= 0.3 is 6.09 Å². The van der Waals surface area contributed by atoms with Gasteiger partial charge in [-0.25, -0.2) is 18.2 Å². The number of nitrogens with one attached hydrogen (secondary N) is 2. The fraction of sp³-hybridized carbons (Fsp3) is 0.750. The van der Waals surface area contributed by atoms with Crippen molar-refractivity contribution in [3.05, 3.63) is 12.4 Å². The fourth-order valence-electron chi connectivity index (χ4n) is 3.02. The first-order chi connectivity index (χ1) is 11.5. The third-order valence-electron chi connectivity index (χ3n) is 4.42. The molecule has 0 aromatic carbocycles. The third-order valence-corrected chi connectivity index (χ3v) is 6.31. The molecular formula is C16H28N4O4S.